The number of nitrogens with zero attached hydrogens (tertiary/aromatic N) is 4. The molecule has 0 saturated carbocycles. The van der Waals surface area contributed by atoms with Gasteiger partial charge in [0.15, 0.2) is 5.69 Å². The summed E-state index contributed by atoms with van der Waals surface area (Å²) in [5.74, 6) is -1.06. The molecule has 27 heavy (non-hydrogen) atoms. The van der Waals surface area contributed by atoms with Crippen molar-refractivity contribution in [1.82, 2.24) is 14.7 Å². The van der Waals surface area contributed by atoms with E-state index in [1.165, 1.54) is 4.90 Å². The third-order valence-electron chi connectivity index (χ3n) is 4.03. The molecule has 2 heterocycles. The Morgan fingerprint density at radius 3 is 2.74 bits per heavy atom. The van der Waals surface area contributed by atoms with Gasteiger partial charge in [0, 0.05) is 13.1 Å². The van der Waals surface area contributed by atoms with Crippen molar-refractivity contribution in [2.75, 3.05) is 6.54 Å². The number of aromatic nitrogens is 2. The van der Waals surface area contributed by atoms with Crippen molar-refractivity contribution in [2.45, 2.75) is 32.3 Å². The summed E-state index contributed by atoms with van der Waals surface area (Å²) in [5.41, 5.74) is -0.343. The number of hydrogen-bond donors (Lipinski definition) is 0. The minimum absolute atomic E-state index is 0.0951. The van der Waals surface area contributed by atoms with Gasteiger partial charge in [-0.3, -0.25) is 4.68 Å². The Balaban J connectivity index is 1.67. The van der Waals surface area contributed by atoms with E-state index in [4.69, 9.17) is 10.00 Å². The maximum atomic E-state index is 13.4. The van der Waals surface area contributed by atoms with Crippen LogP contribution in [0.4, 0.5) is 22.4 Å². The number of amides is 1. The fourth-order valence-corrected chi connectivity index (χ4v) is 2.81. The van der Waals surface area contributed by atoms with E-state index in [1.807, 2.05) is 6.07 Å². The molecule has 10 heteroatoms. The first-order valence-corrected chi connectivity index (χ1v) is 8.01. The normalized spacial score (nSPS) is 14.3. The molecule has 0 aliphatic carbocycles. The second-order valence-corrected chi connectivity index (χ2v) is 6.03. The van der Waals surface area contributed by atoms with E-state index in [2.05, 4.69) is 5.10 Å². The average Bonchev–Trinajstić information content (AvgIpc) is 2.89. The maximum Gasteiger partial charge on any atom is 0.416 e. The summed E-state index contributed by atoms with van der Waals surface area (Å²) in [7, 11) is 0. The number of ether oxygens (including phenoxy) is 1. The van der Waals surface area contributed by atoms with E-state index in [1.54, 1.807) is 10.7 Å². The number of halogens is 4. The lowest BCUT2D eigenvalue weighted by Crippen LogP contribution is -2.31. The summed E-state index contributed by atoms with van der Waals surface area (Å²) in [6.07, 6.45) is -4.85. The van der Waals surface area contributed by atoms with E-state index in [-0.39, 0.29) is 17.8 Å². The average molecular weight is 382 g/mol. The summed E-state index contributed by atoms with van der Waals surface area (Å²) in [6.45, 7) is 0.560. The van der Waals surface area contributed by atoms with Crippen LogP contribution in [0.25, 0.3) is 0 Å². The molecule has 1 amide bonds. The molecule has 2 aromatic rings. The van der Waals surface area contributed by atoms with Crippen LogP contribution in [0, 0.1) is 17.1 Å². The lowest BCUT2D eigenvalue weighted by Gasteiger charge is -2.19. The summed E-state index contributed by atoms with van der Waals surface area (Å²) in [6, 6.07) is 5.50. The molecule has 0 saturated heterocycles. The predicted molar refractivity (Wildman–Crippen MR) is 83.6 cm³/mol. The highest BCUT2D eigenvalue weighted by Crippen LogP contribution is 2.30. The molecule has 3 rings (SSSR count). The van der Waals surface area contributed by atoms with Crippen LogP contribution in [0.15, 0.2) is 24.3 Å². The number of carbonyl (C=O) groups excluding carboxylic acids is 1. The molecule has 1 aliphatic heterocycles. The molecule has 0 spiro atoms. The standard InChI is InChI=1S/C17H14F4N4O2/c18-13-5-11(4-12(6-13)17(19,20)21)10-27-16(26)24-2-1-3-25-15(9-24)7-14(8-22)23-25/h4-7H,1-3,9-10H2. The van der Waals surface area contributed by atoms with E-state index in [9.17, 15) is 22.4 Å². The summed E-state index contributed by atoms with van der Waals surface area (Å²) in [5, 5.41) is 13.0. The van der Waals surface area contributed by atoms with Gasteiger partial charge in [-0.15, -0.1) is 0 Å². The zero-order valence-electron chi connectivity index (χ0n) is 14.0. The van der Waals surface area contributed by atoms with Crippen molar-refractivity contribution >= 4 is 6.09 Å². The number of carbonyl (C=O) groups is 1. The fraction of sp³-hybridized carbons (Fsp3) is 0.353. The Morgan fingerprint density at radius 1 is 1.26 bits per heavy atom. The van der Waals surface area contributed by atoms with Crippen molar-refractivity contribution in [2.24, 2.45) is 0 Å². The highest BCUT2D eigenvalue weighted by Gasteiger charge is 2.31. The molecule has 0 N–H and O–H groups in total. The zero-order valence-corrected chi connectivity index (χ0v) is 14.0. The SMILES string of the molecule is N#Cc1cc2n(n1)CCCN(C(=O)OCc1cc(F)cc(C(F)(F)F)c1)C2. The number of aryl methyl sites for hydroxylation is 1. The van der Waals surface area contributed by atoms with Crippen LogP contribution in [0.5, 0.6) is 0 Å². The molecule has 6 nitrogen and oxygen atoms in total. The van der Waals surface area contributed by atoms with Crippen molar-refractivity contribution in [1.29, 1.82) is 5.26 Å². The van der Waals surface area contributed by atoms with E-state index in [0.29, 0.717) is 31.3 Å². The van der Waals surface area contributed by atoms with Gasteiger partial charge in [0.2, 0.25) is 0 Å². The van der Waals surface area contributed by atoms with Crippen molar-refractivity contribution < 1.29 is 27.1 Å². The number of benzene rings is 1. The van der Waals surface area contributed by atoms with E-state index < -0.39 is 30.3 Å². The molecule has 0 atom stereocenters. The Hall–Kier alpha value is -3.09. The lowest BCUT2D eigenvalue weighted by atomic mass is 10.1. The van der Waals surface area contributed by atoms with Crippen LogP contribution in [0.2, 0.25) is 0 Å². The van der Waals surface area contributed by atoms with Gasteiger partial charge < -0.3 is 9.64 Å². The Bertz CT molecular complexity index is 901. The number of alkyl halides is 3. The van der Waals surface area contributed by atoms with Gasteiger partial charge in [0.25, 0.3) is 0 Å². The van der Waals surface area contributed by atoms with Gasteiger partial charge in [0.1, 0.15) is 18.5 Å². The topological polar surface area (TPSA) is 71.2 Å². The zero-order chi connectivity index (χ0) is 19.6. The van der Waals surface area contributed by atoms with Gasteiger partial charge in [-0.25, -0.2) is 9.18 Å². The monoisotopic (exact) mass is 382 g/mol. The van der Waals surface area contributed by atoms with Gasteiger partial charge >= 0.3 is 12.3 Å². The van der Waals surface area contributed by atoms with E-state index >= 15 is 0 Å². The third-order valence-corrected chi connectivity index (χ3v) is 4.03. The smallest absolute Gasteiger partial charge is 0.416 e. The lowest BCUT2D eigenvalue weighted by molar-refractivity contribution is -0.137. The number of rotatable bonds is 2. The van der Waals surface area contributed by atoms with Crippen LogP contribution in [-0.2, 0) is 30.6 Å². The first kappa shape index (κ1) is 18.7. The van der Waals surface area contributed by atoms with Crippen molar-refractivity contribution in [3.05, 3.63) is 52.6 Å². The highest BCUT2D eigenvalue weighted by molar-refractivity contribution is 5.67. The fourth-order valence-electron chi connectivity index (χ4n) is 2.81. The molecular formula is C17H14F4N4O2. The molecule has 0 unspecified atom stereocenters. The van der Waals surface area contributed by atoms with Gasteiger partial charge in [0.05, 0.1) is 17.8 Å². The minimum atomic E-state index is -4.69. The predicted octanol–water partition coefficient (Wildman–Crippen LogP) is 3.46. The maximum absolute atomic E-state index is 13.4. The Kier molecular flexibility index (Phi) is 5.03. The highest BCUT2D eigenvalue weighted by atomic mass is 19.4. The van der Waals surface area contributed by atoms with Gasteiger partial charge in [-0.2, -0.15) is 23.5 Å². The Labute approximate surface area is 151 Å². The van der Waals surface area contributed by atoms with Crippen molar-refractivity contribution in [3.8, 4) is 6.07 Å². The third kappa shape index (κ3) is 4.36. The van der Waals surface area contributed by atoms with Crippen LogP contribution in [-0.4, -0.2) is 27.3 Å². The molecule has 1 aliphatic rings. The second kappa shape index (κ2) is 7.26. The van der Waals surface area contributed by atoms with Crippen LogP contribution in [0.3, 0.4) is 0 Å². The van der Waals surface area contributed by atoms with Gasteiger partial charge in [-0.05, 0) is 36.2 Å². The molecule has 1 aromatic heterocycles. The summed E-state index contributed by atoms with van der Waals surface area (Å²) < 4.78 is 58.3. The molecule has 142 valence electrons. The Morgan fingerprint density at radius 2 is 2.04 bits per heavy atom. The second-order valence-electron chi connectivity index (χ2n) is 6.03. The van der Waals surface area contributed by atoms with E-state index in [0.717, 1.165) is 12.1 Å². The van der Waals surface area contributed by atoms with Crippen LogP contribution in [0.1, 0.15) is 28.9 Å². The minimum Gasteiger partial charge on any atom is -0.445 e. The van der Waals surface area contributed by atoms with Gasteiger partial charge in [-0.1, -0.05) is 0 Å². The van der Waals surface area contributed by atoms with Crippen LogP contribution >= 0.6 is 0 Å². The first-order chi connectivity index (χ1) is 12.8. The largest absolute Gasteiger partial charge is 0.445 e. The molecule has 0 radical (unpaired) electrons. The first-order valence-electron chi connectivity index (χ1n) is 8.01. The molecule has 0 fully saturated rings. The number of hydrogen-bond acceptors (Lipinski definition) is 4. The quantitative estimate of drug-likeness (QED) is 0.746. The molecule has 0 bridgehead atoms. The number of fused-ring (bicyclic) bond motifs is 1. The summed E-state index contributed by atoms with van der Waals surface area (Å²) >= 11 is 0. The molecular weight excluding hydrogens is 368 g/mol. The van der Waals surface area contributed by atoms with Crippen LogP contribution < -0.4 is 0 Å². The molecule has 1 aromatic carbocycles. The van der Waals surface area contributed by atoms with Crippen molar-refractivity contribution in [3.63, 3.8) is 0 Å². The summed E-state index contributed by atoms with van der Waals surface area (Å²) in [4.78, 5) is 13.6. The number of nitriles is 1.